The Bertz CT molecular complexity index is 407. The van der Waals surface area contributed by atoms with Gasteiger partial charge in [0.2, 0.25) is 5.91 Å². The molecule has 100 valence electrons. The number of pyridine rings is 1. The standard InChI is InChI=1S/C11H14F3N3O/c12-11(13,14)8-4-3-7-17-10(8)16-6-2-1-5-9(15)18/h3-4,7H,1-2,5-6H2,(H2,15,18)(H,16,17). The number of carbonyl (C=O) groups is 1. The van der Waals surface area contributed by atoms with E-state index in [1.165, 1.54) is 12.3 Å². The Morgan fingerprint density at radius 2 is 2.11 bits per heavy atom. The number of halogens is 3. The van der Waals surface area contributed by atoms with Gasteiger partial charge in [0, 0.05) is 19.2 Å². The summed E-state index contributed by atoms with van der Waals surface area (Å²) in [6, 6.07) is 2.21. The zero-order valence-electron chi connectivity index (χ0n) is 9.63. The summed E-state index contributed by atoms with van der Waals surface area (Å²) in [5.41, 5.74) is 4.15. The summed E-state index contributed by atoms with van der Waals surface area (Å²) < 4.78 is 37.8. The fourth-order valence-corrected chi connectivity index (χ4v) is 1.41. The van der Waals surface area contributed by atoms with Gasteiger partial charge >= 0.3 is 6.18 Å². The van der Waals surface area contributed by atoms with Crippen LogP contribution in [0.2, 0.25) is 0 Å². The van der Waals surface area contributed by atoms with Crippen LogP contribution in [0, 0.1) is 0 Å². The first kappa shape index (κ1) is 14.3. The van der Waals surface area contributed by atoms with E-state index in [1.807, 2.05) is 0 Å². The quantitative estimate of drug-likeness (QED) is 0.771. The van der Waals surface area contributed by atoms with Gasteiger partial charge in [0.25, 0.3) is 0 Å². The minimum atomic E-state index is -4.43. The average Bonchev–Trinajstić information content (AvgIpc) is 2.27. The van der Waals surface area contributed by atoms with Crippen molar-refractivity contribution >= 4 is 11.7 Å². The largest absolute Gasteiger partial charge is 0.419 e. The van der Waals surface area contributed by atoms with Crippen molar-refractivity contribution in [2.24, 2.45) is 5.73 Å². The van der Waals surface area contributed by atoms with Gasteiger partial charge in [-0.15, -0.1) is 0 Å². The van der Waals surface area contributed by atoms with Crippen molar-refractivity contribution in [2.75, 3.05) is 11.9 Å². The molecule has 0 aliphatic carbocycles. The first-order chi connectivity index (χ1) is 8.41. The monoisotopic (exact) mass is 261 g/mol. The Balaban J connectivity index is 2.50. The number of unbranched alkanes of at least 4 members (excludes halogenated alkanes) is 1. The number of aromatic nitrogens is 1. The van der Waals surface area contributed by atoms with Crippen molar-refractivity contribution in [3.05, 3.63) is 23.9 Å². The smallest absolute Gasteiger partial charge is 0.370 e. The predicted octanol–water partition coefficient (Wildman–Crippen LogP) is 2.17. The normalized spacial score (nSPS) is 11.3. The van der Waals surface area contributed by atoms with Crippen molar-refractivity contribution in [1.82, 2.24) is 4.98 Å². The molecule has 0 fully saturated rings. The van der Waals surface area contributed by atoms with Crippen molar-refractivity contribution in [3.63, 3.8) is 0 Å². The molecular weight excluding hydrogens is 247 g/mol. The molecule has 0 radical (unpaired) electrons. The Hall–Kier alpha value is -1.79. The molecule has 1 aromatic rings. The van der Waals surface area contributed by atoms with Gasteiger partial charge in [0.15, 0.2) is 0 Å². The van der Waals surface area contributed by atoms with Crippen LogP contribution in [0.1, 0.15) is 24.8 Å². The maximum atomic E-state index is 12.6. The zero-order valence-corrected chi connectivity index (χ0v) is 9.63. The Morgan fingerprint density at radius 3 is 2.72 bits per heavy atom. The van der Waals surface area contributed by atoms with E-state index in [2.05, 4.69) is 10.3 Å². The van der Waals surface area contributed by atoms with Gasteiger partial charge in [-0.2, -0.15) is 13.2 Å². The third-order valence-electron chi connectivity index (χ3n) is 2.26. The summed E-state index contributed by atoms with van der Waals surface area (Å²) in [4.78, 5) is 14.1. The SMILES string of the molecule is NC(=O)CCCCNc1ncccc1C(F)(F)F. The molecule has 1 aromatic heterocycles. The van der Waals surface area contributed by atoms with Crippen molar-refractivity contribution in [1.29, 1.82) is 0 Å². The van der Waals surface area contributed by atoms with E-state index < -0.39 is 17.6 Å². The van der Waals surface area contributed by atoms with Crippen molar-refractivity contribution < 1.29 is 18.0 Å². The van der Waals surface area contributed by atoms with E-state index in [9.17, 15) is 18.0 Å². The number of amides is 1. The molecule has 0 aliphatic rings. The second kappa shape index (κ2) is 6.23. The Morgan fingerprint density at radius 1 is 1.39 bits per heavy atom. The first-order valence-corrected chi connectivity index (χ1v) is 5.45. The third-order valence-corrected chi connectivity index (χ3v) is 2.26. The molecule has 0 unspecified atom stereocenters. The molecule has 0 spiro atoms. The average molecular weight is 261 g/mol. The molecule has 0 saturated heterocycles. The van der Waals surface area contributed by atoms with E-state index in [4.69, 9.17) is 5.73 Å². The molecule has 18 heavy (non-hydrogen) atoms. The summed E-state index contributed by atoms with van der Waals surface area (Å²) in [7, 11) is 0. The van der Waals surface area contributed by atoms with Crippen molar-refractivity contribution in [2.45, 2.75) is 25.4 Å². The maximum absolute atomic E-state index is 12.6. The third kappa shape index (κ3) is 4.60. The summed E-state index contributed by atoms with van der Waals surface area (Å²) in [5.74, 6) is -0.604. The lowest BCUT2D eigenvalue weighted by Crippen LogP contribution is -2.14. The zero-order chi connectivity index (χ0) is 13.6. The van der Waals surface area contributed by atoms with Crippen LogP contribution in [0.3, 0.4) is 0 Å². The van der Waals surface area contributed by atoms with E-state index in [1.54, 1.807) is 0 Å². The van der Waals surface area contributed by atoms with Crippen LogP contribution < -0.4 is 11.1 Å². The molecular formula is C11H14F3N3O. The number of rotatable bonds is 6. The fourth-order valence-electron chi connectivity index (χ4n) is 1.41. The van der Waals surface area contributed by atoms with Crippen LogP contribution in [0.5, 0.6) is 0 Å². The minimum Gasteiger partial charge on any atom is -0.370 e. The number of nitrogens with two attached hydrogens (primary N) is 1. The van der Waals surface area contributed by atoms with Gasteiger partial charge in [-0.1, -0.05) is 0 Å². The first-order valence-electron chi connectivity index (χ1n) is 5.45. The number of carbonyl (C=O) groups excluding carboxylic acids is 1. The highest BCUT2D eigenvalue weighted by atomic mass is 19.4. The summed E-state index contributed by atoms with van der Waals surface area (Å²) >= 11 is 0. The Kier molecular flexibility index (Phi) is 4.94. The molecule has 0 aromatic carbocycles. The lowest BCUT2D eigenvalue weighted by Gasteiger charge is -2.12. The summed E-state index contributed by atoms with van der Waals surface area (Å²) in [6.45, 7) is 0.313. The molecule has 3 N–H and O–H groups in total. The Labute approximate surface area is 102 Å². The van der Waals surface area contributed by atoms with Gasteiger partial charge in [-0.25, -0.2) is 4.98 Å². The van der Waals surface area contributed by atoms with Crippen molar-refractivity contribution in [3.8, 4) is 0 Å². The molecule has 0 atom stereocenters. The lowest BCUT2D eigenvalue weighted by molar-refractivity contribution is -0.137. The number of alkyl halides is 3. The minimum absolute atomic E-state index is 0.191. The highest BCUT2D eigenvalue weighted by Crippen LogP contribution is 2.33. The van der Waals surface area contributed by atoms with Gasteiger partial charge in [-0.05, 0) is 25.0 Å². The topological polar surface area (TPSA) is 68.0 Å². The van der Waals surface area contributed by atoms with Crippen LogP contribution in [0.15, 0.2) is 18.3 Å². The van der Waals surface area contributed by atoms with E-state index in [0.29, 0.717) is 19.4 Å². The number of hydrogen-bond acceptors (Lipinski definition) is 3. The molecule has 1 rings (SSSR count). The van der Waals surface area contributed by atoms with E-state index >= 15 is 0 Å². The van der Waals surface area contributed by atoms with Gasteiger partial charge in [-0.3, -0.25) is 4.79 Å². The number of primary amides is 1. The molecule has 4 nitrogen and oxygen atoms in total. The van der Waals surface area contributed by atoms with Gasteiger partial charge < -0.3 is 11.1 Å². The number of anilines is 1. The molecule has 0 bridgehead atoms. The van der Waals surface area contributed by atoms with E-state index in [0.717, 1.165) is 6.07 Å². The maximum Gasteiger partial charge on any atom is 0.419 e. The van der Waals surface area contributed by atoms with Gasteiger partial charge in [0.05, 0.1) is 5.56 Å². The number of nitrogens with one attached hydrogen (secondary N) is 1. The summed E-state index contributed by atoms with van der Waals surface area (Å²) in [5, 5.41) is 2.61. The molecule has 0 saturated carbocycles. The highest BCUT2D eigenvalue weighted by molar-refractivity contribution is 5.73. The molecule has 7 heteroatoms. The molecule has 1 heterocycles. The number of nitrogens with zero attached hydrogens (tertiary/aromatic N) is 1. The van der Waals surface area contributed by atoms with Crippen LogP contribution >= 0.6 is 0 Å². The fraction of sp³-hybridized carbons (Fsp3) is 0.455. The van der Waals surface area contributed by atoms with Crippen LogP contribution in [-0.2, 0) is 11.0 Å². The molecule has 1 amide bonds. The summed E-state index contributed by atoms with van der Waals surface area (Å²) in [6.07, 6.45) is -1.81. The number of hydrogen-bond donors (Lipinski definition) is 2. The lowest BCUT2D eigenvalue weighted by atomic mass is 10.2. The second-order valence-electron chi connectivity index (χ2n) is 3.75. The van der Waals surface area contributed by atoms with Crippen LogP contribution in [0.25, 0.3) is 0 Å². The molecule has 0 aliphatic heterocycles. The van der Waals surface area contributed by atoms with E-state index in [-0.39, 0.29) is 12.2 Å². The van der Waals surface area contributed by atoms with Gasteiger partial charge in [0.1, 0.15) is 5.82 Å². The predicted molar refractivity (Wildman–Crippen MR) is 60.8 cm³/mol. The van der Waals surface area contributed by atoms with Crippen LogP contribution in [-0.4, -0.2) is 17.4 Å². The van der Waals surface area contributed by atoms with Crippen LogP contribution in [0.4, 0.5) is 19.0 Å². The highest BCUT2D eigenvalue weighted by Gasteiger charge is 2.33. The second-order valence-corrected chi connectivity index (χ2v) is 3.75.